The Labute approximate surface area is 166 Å². The lowest BCUT2D eigenvalue weighted by atomic mass is 9.77. The number of fused-ring (bicyclic) bond motifs is 1. The fourth-order valence-corrected chi connectivity index (χ4v) is 5.26. The number of benzene rings is 2. The predicted octanol–water partition coefficient (Wildman–Crippen LogP) is 4.07. The third-order valence-electron chi connectivity index (χ3n) is 5.25. The molecule has 0 unspecified atom stereocenters. The first-order valence-electron chi connectivity index (χ1n) is 8.93. The van der Waals surface area contributed by atoms with Crippen molar-refractivity contribution in [2.75, 3.05) is 0 Å². The average molecular weight is 430 g/mol. The summed E-state index contributed by atoms with van der Waals surface area (Å²) in [6, 6.07) is 19.0. The quantitative estimate of drug-likeness (QED) is 0.542. The van der Waals surface area contributed by atoms with Gasteiger partial charge in [0.25, 0.3) is 0 Å². The van der Waals surface area contributed by atoms with E-state index in [0.29, 0.717) is 0 Å². The predicted molar refractivity (Wildman–Crippen MR) is 103 cm³/mol. The van der Waals surface area contributed by atoms with Gasteiger partial charge in [-0.15, -0.1) is 0 Å². The molecule has 2 heterocycles. The molecule has 5 nitrogen and oxygen atoms in total. The van der Waals surface area contributed by atoms with Crippen LogP contribution in [-0.4, -0.2) is 33.9 Å². The molecule has 5 rings (SSSR count). The maximum absolute atomic E-state index is 13.0. The first-order chi connectivity index (χ1) is 13.1. The molecule has 2 aliphatic heterocycles. The van der Waals surface area contributed by atoms with Gasteiger partial charge in [-0.25, -0.2) is 4.79 Å². The van der Waals surface area contributed by atoms with Crippen molar-refractivity contribution in [2.24, 2.45) is 5.92 Å². The normalized spacial score (nSPS) is 28.4. The number of hydrogen-bond donors (Lipinski definition) is 0. The summed E-state index contributed by atoms with van der Waals surface area (Å²) in [5.41, 5.74) is 1.95. The molecule has 140 valence electrons. The van der Waals surface area contributed by atoms with Crippen molar-refractivity contribution in [2.45, 2.75) is 36.5 Å². The monoisotopic (exact) mass is 429 g/mol. The van der Waals surface area contributed by atoms with E-state index in [1.54, 1.807) is 4.90 Å². The Bertz CT molecular complexity index is 829. The fraction of sp³-hybridized carbons (Fsp3) is 0.333. The largest absolute Gasteiger partial charge is 0.460 e. The minimum absolute atomic E-state index is 0.00516. The van der Waals surface area contributed by atoms with Gasteiger partial charge in [0, 0.05) is 17.7 Å². The van der Waals surface area contributed by atoms with Gasteiger partial charge in [0.05, 0.1) is 12.1 Å². The van der Waals surface area contributed by atoms with Gasteiger partial charge in [0.1, 0.15) is 12.7 Å². The van der Waals surface area contributed by atoms with Crippen LogP contribution in [0.2, 0.25) is 0 Å². The van der Waals surface area contributed by atoms with Crippen LogP contribution in [0.3, 0.4) is 0 Å². The van der Waals surface area contributed by atoms with Crippen LogP contribution >= 0.6 is 15.9 Å². The van der Waals surface area contributed by atoms with E-state index in [1.807, 2.05) is 60.7 Å². The van der Waals surface area contributed by atoms with Crippen LogP contribution in [0, 0.1) is 5.92 Å². The Morgan fingerprint density at radius 3 is 2.30 bits per heavy atom. The standard InChI is InChI=1S/C21H20BrNO4/c1-13(24)27-20-16-17(22)19(20)23(18(16)15-10-6-3-7-11-15)21(25)26-12-14-8-4-2-5-9-14/h2-11,16-20H,12H2,1H3/t16-,17+,18+,19-,20+/m1/s1. The molecule has 0 aromatic heterocycles. The van der Waals surface area contributed by atoms with Gasteiger partial charge < -0.3 is 9.47 Å². The Hall–Kier alpha value is -2.34. The molecule has 0 radical (unpaired) electrons. The summed E-state index contributed by atoms with van der Waals surface area (Å²) in [5.74, 6) is -0.328. The van der Waals surface area contributed by atoms with E-state index in [9.17, 15) is 9.59 Å². The van der Waals surface area contributed by atoms with E-state index < -0.39 is 0 Å². The molecule has 6 heteroatoms. The second-order valence-electron chi connectivity index (χ2n) is 6.89. The number of carbonyl (C=O) groups is 2. The van der Waals surface area contributed by atoms with Crippen LogP contribution in [0.4, 0.5) is 4.79 Å². The molecular weight excluding hydrogens is 410 g/mol. The van der Waals surface area contributed by atoms with E-state index in [0.717, 1.165) is 11.1 Å². The number of amides is 1. The van der Waals surface area contributed by atoms with E-state index >= 15 is 0 Å². The summed E-state index contributed by atoms with van der Waals surface area (Å²) in [7, 11) is 0. The average Bonchev–Trinajstić information content (AvgIpc) is 3.19. The highest BCUT2D eigenvalue weighted by Gasteiger charge is 2.68. The van der Waals surface area contributed by atoms with E-state index in [1.165, 1.54) is 6.92 Å². The Balaban J connectivity index is 1.58. The van der Waals surface area contributed by atoms with Crippen LogP contribution in [-0.2, 0) is 20.9 Å². The van der Waals surface area contributed by atoms with Crippen LogP contribution < -0.4 is 0 Å². The lowest BCUT2D eigenvalue weighted by Gasteiger charge is -2.39. The molecule has 3 fully saturated rings. The number of carbonyl (C=O) groups excluding carboxylic acids is 2. The maximum Gasteiger partial charge on any atom is 0.411 e. The summed E-state index contributed by atoms with van der Waals surface area (Å²) in [4.78, 5) is 26.3. The van der Waals surface area contributed by atoms with Gasteiger partial charge in [0.2, 0.25) is 0 Å². The number of ether oxygens (including phenoxy) is 2. The molecule has 2 saturated heterocycles. The van der Waals surface area contributed by atoms with Crippen molar-refractivity contribution in [1.82, 2.24) is 4.90 Å². The molecule has 5 atom stereocenters. The number of hydrogen-bond acceptors (Lipinski definition) is 4. The molecule has 1 amide bonds. The number of rotatable bonds is 4. The molecule has 0 N–H and O–H groups in total. The van der Waals surface area contributed by atoms with Gasteiger partial charge in [-0.3, -0.25) is 9.69 Å². The second-order valence-corrected chi connectivity index (χ2v) is 7.95. The molecule has 2 bridgehead atoms. The van der Waals surface area contributed by atoms with Gasteiger partial charge >= 0.3 is 12.1 Å². The Morgan fingerprint density at radius 1 is 1.04 bits per heavy atom. The molecule has 3 aliphatic rings. The lowest BCUT2D eigenvalue weighted by molar-refractivity contribution is -0.154. The van der Waals surface area contributed by atoms with Crippen molar-refractivity contribution in [3.8, 4) is 0 Å². The SMILES string of the molecule is CC(=O)O[C@H]1[C@@H]2[C@H](Br)[C@H]1N(C(=O)OCc1ccccc1)[C@H]2c1ccccc1. The Kier molecular flexibility index (Phi) is 4.91. The Morgan fingerprint density at radius 2 is 1.67 bits per heavy atom. The third kappa shape index (κ3) is 3.23. The zero-order chi connectivity index (χ0) is 19.0. The lowest BCUT2D eigenvalue weighted by Crippen LogP contribution is -2.56. The summed E-state index contributed by atoms with van der Waals surface area (Å²) in [6.07, 6.45) is -0.708. The highest BCUT2D eigenvalue weighted by Crippen LogP contribution is 2.58. The minimum Gasteiger partial charge on any atom is -0.460 e. The van der Waals surface area contributed by atoms with Gasteiger partial charge in [-0.05, 0) is 11.1 Å². The second kappa shape index (κ2) is 7.35. The molecule has 2 aromatic rings. The van der Waals surface area contributed by atoms with E-state index in [2.05, 4.69) is 15.9 Å². The van der Waals surface area contributed by atoms with Crippen molar-refractivity contribution >= 4 is 28.0 Å². The summed E-state index contributed by atoms with van der Waals surface area (Å²) >= 11 is 3.69. The number of nitrogens with zero attached hydrogens (tertiary/aromatic N) is 1. The maximum atomic E-state index is 13.0. The number of halogens is 1. The number of alkyl halides is 1. The van der Waals surface area contributed by atoms with Crippen molar-refractivity contribution in [3.63, 3.8) is 0 Å². The van der Waals surface area contributed by atoms with E-state index in [-0.39, 0.29) is 47.6 Å². The van der Waals surface area contributed by atoms with Crippen molar-refractivity contribution in [1.29, 1.82) is 0 Å². The zero-order valence-electron chi connectivity index (χ0n) is 14.8. The number of esters is 1. The smallest absolute Gasteiger partial charge is 0.411 e. The highest BCUT2D eigenvalue weighted by atomic mass is 79.9. The topological polar surface area (TPSA) is 55.8 Å². The summed E-state index contributed by atoms with van der Waals surface area (Å²) in [5, 5.41) is 0. The minimum atomic E-state index is -0.390. The first-order valence-corrected chi connectivity index (χ1v) is 9.85. The van der Waals surface area contributed by atoms with Crippen LogP contribution in [0.1, 0.15) is 24.1 Å². The van der Waals surface area contributed by atoms with Crippen LogP contribution in [0.15, 0.2) is 60.7 Å². The van der Waals surface area contributed by atoms with Gasteiger partial charge in [-0.1, -0.05) is 76.6 Å². The van der Waals surface area contributed by atoms with Crippen LogP contribution in [0.25, 0.3) is 0 Å². The molecule has 0 spiro atoms. The van der Waals surface area contributed by atoms with Crippen LogP contribution in [0.5, 0.6) is 0 Å². The first kappa shape index (κ1) is 18.0. The van der Waals surface area contributed by atoms with Gasteiger partial charge in [-0.2, -0.15) is 0 Å². The molecule has 1 aliphatic carbocycles. The summed E-state index contributed by atoms with van der Waals surface area (Å²) < 4.78 is 11.1. The highest BCUT2D eigenvalue weighted by molar-refractivity contribution is 9.09. The van der Waals surface area contributed by atoms with E-state index in [4.69, 9.17) is 9.47 Å². The van der Waals surface area contributed by atoms with Crippen molar-refractivity contribution in [3.05, 3.63) is 71.8 Å². The molecule has 1 saturated carbocycles. The molecular formula is C21H20BrNO4. The molecule has 27 heavy (non-hydrogen) atoms. The zero-order valence-corrected chi connectivity index (χ0v) is 16.4. The van der Waals surface area contributed by atoms with Gasteiger partial charge in [0.15, 0.2) is 0 Å². The third-order valence-corrected chi connectivity index (χ3v) is 6.41. The fourth-order valence-electron chi connectivity index (χ4n) is 4.11. The van der Waals surface area contributed by atoms with Crippen molar-refractivity contribution < 1.29 is 19.1 Å². The summed E-state index contributed by atoms with van der Waals surface area (Å²) in [6.45, 7) is 1.61. The molecule has 2 aromatic carbocycles.